The van der Waals surface area contributed by atoms with E-state index in [1.807, 2.05) is 26.8 Å². The number of nitrogens with zero attached hydrogens (tertiary/aromatic N) is 1. The average Bonchev–Trinajstić information content (AvgIpc) is 2.29. The third-order valence-corrected chi connectivity index (χ3v) is 2.61. The maximum atomic E-state index is 11.7. The van der Waals surface area contributed by atoms with E-state index in [2.05, 4.69) is 10.6 Å². The van der Waals surface area contributed by atoms with Crippen LogP contribution in [0.2, 0.25) is 0 Å². The first-order chi connectivity index (χ1) is 7.96. The molecule has 0 radical (unpaired) electrons. The molecular weight excluding hydrogens is 214 g/mol. The molecule has 17 heavy (non-hydrogen) atoms. The molecule has 0 aromatic heterocycles. The second-order valence-electron chi connectivity index (χ2n) is 4.51. The molecule has 1 aromatic carbocycles. The number of nitriles is 1. The highest BCUT2D eigenvalue weighted by atomic mass is 16.2. The first-order valence-electron chi connectivity index (χ1n) is 5.56. The fourth-order valence-electron chi connectivity index (χ4n) is 1.19. The fraction of sp³-hybridized carbons (Fsp3) is 0.385. The van der Waals surface area contributed by atoms with E-state index in [0.717, 1.165) is 6.42 Å². The molecule has 2 amide bonds. The van der Waals surface area contributed by atoms with Crippen molar-refractivity contribution in [2.75, 3.05) is 5.32 Å². The predicted octanol–water partition coefficient (Wildman–Crippen LogP) is 2.87. The van der Waals surface area contributed by atoms with Crippen LogP contribution in [-0.4, -0.2) is 11.6 Å². The van der Waals surface area contributed by atoms with Crippen LogP contribution in [0.3, 0.4) is 0 Å². The SMILES string of the molecule is CCC(C)(C)NC(=O)Nc1ccc(C#N)cc1. The third kappa shape index (κ3) is 4.15. The van der Waals surface area contributed by atoms with E-state index in [-0.39, 0.29) is 11.6 Å². The van der Waals surface area contributed by atoms with E-state index in [0.29, 0.717) is 11.3 Å². The van der Waals surface area contributed by atoms with Gasteiger partial charge in [0.2, 0.25) is 0 Å². The van der Waals surface area contributed by atoms with Crippen LogP contribution in [0.15, 0.2) is 24.3 Å². The van der Waals surface area contributed by atoms with Crippen LogP contribution >= 0.6 is 0 Å². The number of anilines is 1. The number of amides is 2. The van der Waals surface area contributed by atoms with Gasteiger partial charge in [-0.3, -0.25) is 0 Å². The topological polar surface area (TPSA) is 64.9 Å². The van der Waals surface area contributed by atoms with Gasteiger partial charge in [-0.25, -0.2) is 4.79 Å². The van der Waals surface area contributed by atoms with E-state index in [9.17, 15) is 4.79 Å². The molecule has 0 saturated heterocycles. The normalized spacial score (nSPS) is 10.5. The summed E-state index contributed by atoms with van der Waals surface area (Å²) in [6.45, 7) is 5.94. The van der Waals surface area contributed by atoms with Crippen LogP contribution in [0.25, 0.3) is 0 Å². The number of hydrogen-bond donors (Lipinski definition) is 2. The summed E-state index contributed by atoms with van der Waals surface area (Å²) in [6, 6.07) is 8.54. The zero-order valence-corrected chi connectivity index (χ0v) is 10.4. The van der Waals surface area contributed by atoms with E-state index < -0.39 is 0 Å². The minimum atomic E-state index is -0.235. The Labute approximate surface area is 102 Å². The maximum Gasteiger partial charge on any atom is 0.319 e. The molecular formula is C13H17N3O. The number of carbonyl (C=O) groups is 1. The molecule has 4 heteroatoms. The van der Waals surface area contributed by atoms with Crippen molar-refractivity contribution >= 4 is 11.7 Å². The van der Waals surface area contributed by atoms with Crippen LogP contribution in [0.4, 0.5) is 10.5 Å². The van der Waals surface area contributed by atoms with Crippen molar-refractivity contribution in [2.24, 2.45) is 0 Å². The molecule has 0 spiro atoms. The van der Waals surface area contributed by atoms with E-state index >= 15 is 0 Å². The van der Waals surface area contributed by atoms with E-state index in [1.54, 1.807) is 24.3 Å². The second-order valence-corrected chi connectivity index (χ2v) is 4.51. The molecule has 1 rings (SSSR count). The molecule has 0 bridgehead atoms. The van der Waals surface area contributed by atoms with Gasteiger partial charge in [-0.1, -0.05) is 6.92 Å². The third-order valence-electron chi connectivity index (χ3n) is 2.61. The quantitative estimate of drug-likeness (QED) is 0.840. The number of nitrogens with one attached hydrogen (secondary N) is 2. The number of rotatable bonds is 3. The van der Waals surface area contributed by atoms with Gasteiger partial charge >= 0.3 is 6.03 Å². The number of carbonyl (C=O) groups excluding carboxylic acids is 1. The molecule has 0 aliphatic carbocycles. The Morgan fingerprint density at radius 1 is 1.35 bits per heavy atom. The first-order valence-corrected chi connectivity index (χ1v) is 5.56. The summed E-state index contributed by atoms with van der Waals surface area (Å²) in [5.41, 5.74) is 1.02. The first kappa shape index (κ1) is 13.0. The molecule has 0 atom stereocenters. The van der Waals surface area contributed by atoms with Gasteiger partial charge in [0.1, 0.15) is 0 Å². The molecule has 1 aromatic rings. The molecule has 0 fully saturated rings. The highest BCUT2D eigenvalue weighted by Crippen LogP contribution is 2.10. The van der Waals surface area contributed by atoms with Gasteiger partial charge in [0, 0.05) is 11.2 Å². The number of hydrogen-bond acceptors (Lipinski definition) is 2. The molecule has 90 valence electrons. The van der Waals surface area contributed by atoms with Crippen molar-refractivity contribution in [3.05, 3.63) is 29.8 Å². The van der Waals surface area contributed by atoms with Crippen LogP contribution < -0.4 is 10.6 Å². The summed E-state index contributed by atoms with van der Waals surface area (Å²) < 4.78 is 0. The highest BCUT2D eigenvalue weighted by molar-refractivity contribution is 5.89. The summed E-state index contributed by atoms with van der Waals surface area (Å²) in [5, 5.41) is 14.2. The summed E-state index contributed by atoms with van der Waals surface area (Å²) in [4.78, 5) is 11.7. The lowest BCUT2D eigenvalue weighted by Crippen LogP contribution is -2.45. The molecule has 0 aliphatic rings. The van der Waals surface area contributed by atoms with Gasteiger partial charge in [0.05, 0.1) is 11.6 Å². The van der Waals surface area contributed by atoms with Crippen LogP contribution in [0.1, 0.15) is 32.8 Å². The Morgan fingerprint density at radius 3 is 2.41 bits per heavy atom. The number of benzene rings is 1. The van der Waals surface area contributed by atoms with Crippen molar-refractivity contribution in [3.8, 4) is 6.07 Å². The Hall–Kier alpha value is -2.02. The maximum absolute atomic E-state index is 11.7. The van der Waals surface area contributed by atoms with Crippen molar-refractivity contribution in [3.63, 3.8) is 0 Å². The van der Waals surface area contributed by atoms with Gasteiger partial charge in [-0.15, -0.1) is 0 Å². The summed E-state index contributed by atoms with van der Waals surface area (Å²) >= 11 is 0. The Kier molecular flexibility index (Phi) is 4.11. The monoisotopic (exact) mass is 231 g/mol. The van der Waals surface area contributed by atoms with Gasteiger partial charge in [-0.05, 0) is 44.5 Å². The molecule has 2 N–H and O–H groups in total. The van der Waals surface area contributed by atoms with Crippen molar-refractivity contribution in [1.29, 1.82) is 5.26 Å². The van der Waals surface area contributed by atoms with Gasteiger partial charge in [-0.2, -0.15) is 5.26 Å². The second kappa shape index (κ2) is 5.35. The van der Waals surface area contributed by atoms with Crippen molar-refractivity contribution < 1.29 is 4.79 Å². The fourth-order valence-corrected chi connectivity index (χ4v) is 1.19. The van der Waals surface area contributed by atoms with Crippen LogP contribution in [0, 0.1) is 11.3 Å². The minimum absolute atomic E-state index is 0.226. The Morgan fingerprint density at radius 2 is 1.94 bits per heavy atom. The average molecular weight is 231 g/mol. The Balaban J connectivity index is 2.60. The van der Waals surface area contributed by atoms with Crippen LogP contribution in [-0.2, 0) is 0 Å². The van der Waals surface area contributed by atoms with Gasteiger partial charge in [0.25, 0.3) is 0 Å². The molecule has 4 nitrogen and oxygen atoms in total. The molecule has 0 heterocycles. The largest absolute Gasteiger partial charge is 0.333 e. The lowest BCUT2D eigenvalue weighted by molar-refractivity contribution is 0.240. The highest BCUT2D eigenvalue weighted by Gasteiger charge is 2.17. The lowest BCUT2D eigenvalue weighted by atomic mass is 10.0. The zero-order valence-electron chi connectivity index (χ0n) is 10.4. The van der Waals surface area contributed by atoms with Crippen LogP contribution in [0.5, 0.6) is 0 Å². The molecule has 0 aliphatic heterocycles. The minimum Gasteiger partial charge on any atom is -0.333 e. The number of urea groups is 1. The lowest BCUT2D eigenvalue weighted by Gasteiger charge is -2.24. The summed E-state index contributed by atoms with van der Waals surface area (Å²) in [6.07, 6.45) is 0.855. The smallest absolute Gasteiger partial charge is 0.319 e. The van der Waals surface area contributed by atoms with Gasteiger partial charge < -0.3 is 10.6 Å². The van der Waals surface area contributed by atoms with Crippen molar-refractivity contribution in [1.82, 2.24) is 5.32 Å². The molecule has 0 unspecified atom stereocenters. The standard InChI is InChI=1S/C13H17N3O/c1-4-13(2,3)16-12(17)15-11-7-5-10(9-14)6-8-11/h5-8H,4H2,1-3H3,(H2,15,16,17). The van der Waals surface area contributed by atoms with E-state index in [1.165, 1.54) is 0 Å². The van der Waals surface area contributed by atoms with Gasteiger partial charge in [0.15, 0.2) is 0 Å². The molecule has 0 saturated carbocycles. The predicted molar refractivity (Wildman–Crippen MR) is 67.7 cm³/mol. The Bertz CT molecular complexity index is 429. The summed E-state index contributed by atoms with van der Waals surface area (Å²) in [7, 11) is 0. The van der Waals surface area contributed by atoms with Crippen molar-refractivity contribution in [2.45, 2.75) is 32.7 Å². The zero-order chi connectivity index (χ0) is 12.9. The van der Waals surface area contributed by atoms with E-state index in [4.69, 9.17) is 5.26 Å². The summed E-state index contributed by atoms with van der Waals surface area (Å²) in [5.74, 6) is 0.